The molecule has 0 bridgehead atoms. The number of carbonyl (C=O) groups excluding carboxylic acids is 1. The number of fused-ring (bicyclic) bond motifs is 1. The fourth-order valence-electron chi connectivity index (χ4n) is 2.25. The summed E-state index contributed by atoms with van der Waals surface area (Å²) in [5.74, 6) is 0.164. The van der Waals surface area contributed by atoms with Crippen molar-refractivity contribution in [2.45, 2.75) is 12.5 Å². The van der Waals surface area contributed by atoms with Crippen molar-refractivity contribution in [3.8, 4) is 0 Å². The Morgan fingerprint density at radius 1 is 0.944 bits per heavy atom. The highest BCUT2D eigenvalue weighted by atomic mass is 16.1. The lowest BCUT2D eigenvalue weighted by Gasteiger charge is -2.09. The molecule has 1 atom stereocenters. The van der Waals surface area contributed by atoms with E-state index in [0.29, 0.717) is 6.42 Å². The molecular weight excluding hydrogens is 222 g/mol. The molecule has 18 heavy (non-hydrogen) atoms. The molecule has 2 aromatic rings. The zero-order chi connectivity index (χ0) is 12.4. The first-order valence-corrected chi connectivity index (χ1v) is 6.05. The van der Waals surface area contributed by atoms with Gasteiger partial charge in [-0.2, -0.15) is 0 Å². The number of rotatable bonds is 1. The molecule has 0 N–H and O–H groups in total. The van der Waals surface area contributed by atoms with E-state index in [9.17, 15) is 4.79 Å². The summed E-state index contributed by atoms with van der Waals surface area (Å²) in [6.07, 6.45) is 2.26. The Morgan fingerprint density at radius 3 is 2.50 bits per heavy atom. The number of nitrogens with zero attached hydrogens (tertiary/aromatic N) is 1. The van der Waals surface area contributed by atoms with E-state index in [0.717, 1.165) is 16.7 Å². The number of ketones is 1. The fourth-order valence-corrected chi connectivity index (χ4v) is 2.25. The molecule has 88 valence electrons. The third kappa shape index (κ3) is 1.97. The summed E-state index contributed by atoms with van der Waals surface area (Å²) in [5, 5.41) is 0. The molecule has 1 heterocycles. The van der Waals surface area contributed by atoms with Crippen molar-refractivity contribution in [3.05, 3.63) is 71.3 Å². The van der Waals surface area contributed by atoms with Crippen LogP contribution in [0.5, 0.6) is 0 Å². The van der Waals surface area contributed by atoms with E-state index < -0.39 is 0 Å². The van der Waals surface area contributed by atoms with Gasteiger partial charge in [0.25, 0.3) is 0 Å². The number of aliphatic imine (C=N–C) groups is 1. The van der Waals surface area contributed by atoms with Gasteiger partial charge in [-0.05, 0) is 5.56 Å². The number of hydrogen-bond donors (Lipinski definition) is 0. The van der Waals surface area contributed by atoms with Crippen molar-refractivity contribution in [3.63, 3.8) is 0 Å². The molecule has 0 fully saturated rings. The Morgan fingerprint density at radius 2 is 1.67 bits per heavy atom. The average molecular weight is 235 g/mol. The molecule has 0 aromatic heterocycles. The quantitative estimate of drug-likeness (QED) is 0.744. The lowest BCUT2D eigenvalue weighted by atomic mass is 9.98. The van der Waals surface area contributed by atoms with Crippen molar-refractivity contribution in [2.75, 3.05) is 0 Å². The van der Waals surface area contributed by atoms with Crippen molar-refractivity contribution >= 4 is 12.0 Å². The standard InChI is InChI=1S/C16H13NO/c18-16-10-15(12-6-2-1-3-7-12)17-11-13-8-4-5-9-14(13)16/h1-9,11,15H,10H2. The van der Waals surface area contributed by atoms with Crippen molar-refractivity contribution in [2.24, 2.45) is 4.99 Å². The molecular formula is C16H13NO. The molecule has 2 heteroatoms. The monoisotopic (exact) mass is 235 g/mol. The van der Waals surface area contributed by atoms with Gasteiger partial charge in [0.1, 0.15) is 0 Å². The minimum atomic E-state index is -0.0638. The number of benzene rings is 2. The zero-order valence-electron chi connectivity index (χ0n) is 9.91. The van der Waals surface area contributed by atoms with E-state index >= 15 is 0 Å². The average Bonchev–Trinajstić information content (AvgIpc) is 2.60. The van der Waals surface area contributed by atoms with E-state index in [-0.39, 0.29) is 11.8 Å². The Kier molecular flexibility index (Phi) is 2.77. The molecule has 0 amide bonds. The molecule has 3 rings (SSSR count). The largest absolute Gasteiger partial charge is 0.294 e. The van der Waals surface area contributed by atoms with Crippen LogP contribution in [-0.4, -0.2) is 12.0 Å². The van der Waals surface area contributed by atoms with Gasteiger partial charge in [-0.3, -0.25) is 9.79 Å². The van der Waals surface area contributed by atoms with Crippen LogP contribution >= 0.6 is 0 Å². The van der Waals surface area contributed by atoms with E-state index in [1.807, 2.05) is 60.8 Å². The summed E-state index contributed by atoms with van der Waals surface area (Å²) in [7, 11) is 0. The van der Waals surface area contributed by atoms with Gasteiger partial charge in [0.05, 0.1) is 6.04 Å². The second-order valence-electron chi connectivity index (χ2n) is 4.42. The third-order valence-electron chi connectivity index (χ3n) is 3.22. The van der Waals surface area contributed by atoms with Gasteiger partial charge in [-0.1, -0.05) is 54.6 Å². The van der Waals surface area contributed by atoms with Gasteiger partial charge in [0.2, 0.25) is 0 Å². The summed E-state index contributed by atoms with van der Waals surface area (Å²) >= 11 is 0. The van der Waals surface area contributed by atoms with Gasteiger partial charge < -0.3 is 0 Å². The van der Waals surface area contributed by atoms with Crippen LogP contribution in [-0.2, 0) is 0 Å². The molecule has 2 nitrogen and oxygen atoms in total. The fraction of sp³-hybridized carbons (Fsp3) is 0.125. The second kappa shape index (κ2) is 4.57. The summed E-state index contributed by atoms with van der Waals surface area (Å²) < 4.78 is 0. The topological polar surface area (TPSA) is 29.4 Å². The van der Waals surface area contributed by atoms with Crippen LogP contribution in [0.15, 0.2) is 59.6 Å². The first kappa shape index (κ1) is 10.9. The van der Waals surface area contributed by atoms with Crippen LogP contribution in [0.3, 0.4) is 0 Å². The van der Waals surface area contributed by atoms with Crippen LogP contribution in [0.4, 0.5) is 0 Å². The maximum absolute atomic E-state index is 12.2. The van der Waals surface area contributed by atoms with Crippen LogP contribution < -0.4 is 0 Å². The highest BCUT2D eigenvalue weighted by Gasteiger charge is 2.20. The number of hydrogen-bond acceptors (Lipinski definition) is 2. The molecule has 1 unspecified atom stereocenters. The summed E-state index contributed by atoms with van der Waals surface area (Å²) in [6.45, 7) is 0. The molecule has 0 saturated carbocycles. The van der Waals surface area contributed by atoms with Crippen LogP contribution in [0, 0.1) is 0 Å². The minimum absolute atomic E-state index is 0.0638. The van der Waals surface area contributed by atoms with Gasteiger partial charge in [-0.25, -0.2) is 0 Å². The molecule has 0 radical (unpaired) electrons. The predicted molar refractivity (Wildman–Crippen MR) is 72.2 cm³/mol. The smallest absolute Gasteiger partial charge is 0.166 e. The molecule has 0 spiro atoms. The third-order valence-corrected chi connectivity index (χ3v) is 3.22. The summed E-state index contributed by atoms with van der Waals surface area (Å²) in [4.78, 5) is 16.7. The van der Waals surface area contributed by atoms with Gasteiger partial charge in [-0.15, -0.1) is 0 Å². The Labute approximate surface area is 106 Å². The number of carbonyl (C=O) groups is 1. The van der Waals surface area contributed by atoms with Crippen molar-refractivity contribution < 1.29 is 4.79 Å². The predicted octanol–water partition coefficient (Wildman–Crippen LogP) is 3.43. The van der Waals surface area contributed by atoms with Crippen LogP contribution in [0.2, 0.25) is 0 Å². The molecule has 1 aliphatic heterocycles. The first-order valence-electron chi connectivity index (χ1n) is 6.05. The van der Waals surface area contributed by atoms with Gasteiger partial charge >= 0.3 is 0 Å². The maximum Gasteiger partial charge on any atom is 0.166 e. The normalized spacial score (nSPS) is 18.2. The molecule has 0 aliphatic carbocycles. The van der Waals surface area contributed by atoms with Gasteiger partial charge in [0, 0.05) is 23.8 Å². The minimum Gasteiger partial charge on any atom is -0.294 e. The first-order chi connectivity index (χ1) is 8.84. The van der Waals surface area contributed by atoms with Crippen molar-refractivity contribution in [1.82, 2.24) is 0 Å². The van der Waals surface area contributed by atoms with E-state index in [4.69, 9.17) is 0 Å². The lowest BCUT2D eigenvalue weighted by Crippen LogP contribution is -2.04. The Bertz CT molecular complexity index is 602. The highest BCUT2D eigenvalue weighted by molar-refractivity contribution is 6.05. The van der Waals surface area contributed by atoms with Gasteiger partial charge in [0.15, 0.2) is 5.78 Å². The van der Waals surface area contributed by atoms with Crippen molar-refractivity contribution in [1.29, 1.82) is 0 Å². The van der Waals surface area contributed by atoms with Crippen LogP contribution in [0.25, 0.3) is 0 Å². The molecule has 0 saturated heterocycles. The number of Topliss-reactive ketones (excluding diaryl/α,β-unsaturated/α-hetero) is 1. The zero-order valence-corrected chi connectivity index (χ0v) is 9.91. The summed E-state index contributed by atoms with van der Waals surface area (Å²) in [5.41, 5.74) is 2.79. The lowest BCUT2D eigenvalue weighted by molar-refractivity contribution is 0.0975. The highest BCUT2D eigenvalue weighted by Crippen LogP contribution is 2.26. The van der Waals surface area contributed by atoms with E-state index in [1.54, 1.807) is 0 Å². The second-order valence-corrected chi connectivity index (χ2v) is 4.42. The molecule has 2 aromatic carbocycles. The Balaban J connectivity index is 1.99. The van der Waals surface area contributed by atoms with Crippen LogP contribution in [0.1, 0.15) is 33.9 Å². The summed E-state index contributed by atoms with van der Waals surface area (Å²) in [6, 6.07) is 17.5. The molecule has 1 aliphatic rings. The maximum atomic E-state index is 12.2. The van der Waals surface area contributed by atoms with E-state index in [2.05, 4.69) is 4.99 Å². The van der Waals surface area contributed by atoms with E-state index in [1.165, 1.54) is 0 Å². The Hall–Kier alpha value is -2.22. The SMILES string of the molecule is O=C1CC(c2ccccc2)N=Cc2ccccc21.